The summed E-state index contributed by atoms with van der Waals surface area (Å²) in [6.07, 6.45) is 3.07. The number of hydrogen-bond acceptors (Lipinski definition) is 4. The molecule has 0 aromatic carbocycles. The van der Waals surface area contributed by atoms with E-state index in [9.17, 15) is 4.79 Å². The van der Waals surface area contributed by atoms with Crippen molar-refractivity contribution in [1.82, 2.24) is 9.97 Å². The average Bonchev–Trinajstić information content (AvgIpc) is 2.28. The van der Waals surface area contributed by atoms with Gasteiger partial charge in [-0.3, -0.25) is 4.79 Å². The largest absolute Gasteiger partial charge is 0.369 e. The van der Waals surface area contributed by atoms with Gasteiger partial charge in [-0.1, -0.05) is 0 Å². The monoisotopic (exact) mass is 177 g/mol. The van der Waals surface area contributed by atoms with Gasteiger partial charge in [0.15, 0.2) is 5.78 Å². The molecule has 0 aliphatic carbocycles. The Morgan fingerprint density at radius 2 is 2.38 bits per heavy atom. The van der Waals surface area contributed by atoms with E-state index in [1.54, 1.807) is 6.20 Å². The summed E-state index contributed by atoms with van der Waals surface area (Å²) >= 11 is 0. The number of Topliss-reactive ketones (excluding diaryl/α,β-unsaturated/α-hetero) is 1. The molecule has 0 radical (unpaired) electrons. The normalized spacial score (nSPS) is 15.9. The summed E-state index contributed by atoms with van der Waals surface area (Å²) in [6, 6.07) is 0. The molecule has 0 spiro atoms. The van der Waals surface area contributed by atoms with Crippen LogP contribution < -0.4 is 5.32 Å². The number of hydrogen-bond donors (Lipinski definition) is 1. The van der Waals surface area contributed by atoms with Gasteiger partial charge in [0, 0.05) is 19.2 Å². The van der Waals surface area contributed by atoms with Crippen molar-refractivity contribution in [3.8, 4) is 0 Å². The van der Waals surface area contributed by atoms with E-state index in [1.165, 1.54) is 0 Å². The van der Waals surface area contributed by atoms with Gasteiger partial charge in [-0.15, -0.1) is 0 Å². The minimum Gasteiger partial charge on any atom is -0.369 e. The third-order valence-corrected chi connectivity index (χ3v) is 2.08. The first-order valence-electron chi connectivity index (χ1n) is 4.38. The fourth-order valence-corrected chi connectivity index (χ4v) is 1.40. The highest BCUT2D eigenvalue weighted by Gasteiger charge is 2.16. The van der Waals surface area contributed by atoms with Gasteiger partial charge >= 0.3 is 0 Å². The predicted octanol–water partition coefficient (Wildman–Crippen LogP) is 1.17. The first kappa shape index (κ1) is 8.16. The van der Waals surface area contributed by atoms with Crippen LogP contribution >= 0.6 is 0 Å². The molecule has 2 heterocycles. The highest BCUT2D eigenvalue weighted by atomic mass is 16.1. The van der Waals surface area contributed by atoms with E-state index in [0.717, 1.165) is 13.0 Å². The Labute approximate surface area is 76.4 Å². The van der Waals surface area contributed by atoms with Gasteiger partial charge in [-0.05, 0) is 13.3 Å². The number of aromatic nitrogens is 2. The molecule has 4 nitrogen and oxygen atoms in total. The van der Waals surface area contributed by atoms with Gasteiger partial charge in [-0.25, -0.2) is 9.97 Å². The Kier molecular flexibility index (Phi) is 1.96. The zero-order chi connectivity index (χ0) is 9.26. The molecule has 1 aliphatic rings. The highest BCUT2D eigenvalue weighted by molar-refractivity contribution is 6.00. The summed E-state index contributed by atoms with van der Waals surface area (Å²) in [5, 5.41) is 3.12. The van der Waals surface area contributed by atoms with E-state index in [-0.39, 0.29) is 5.78 Å². The van der Waals surface area contributed by atoms with Crippen LogP contribution in [0.25, 0.3) is 0 Å². The molecular formula is C9H11N3O. The third-order valence-electron chi connectivity index (χ3n) is 2.08. The van der Waals surface area contributed by atoms with E-state index >= 15 is 0 Å². The predicted molar refractivity (Wildman–Crippen MR) is 48.8 cm³/mol. The van der Waals surface area contributed by atoms with Crippen LogP contribution in [0.15, 0.2) is 6.20 Å². The van der Waals surface area contributed by atoms with Crippen molar-refractivity contribution in [2.24, 2.45) is 0 Å². The molecule has 0 saturated carbocycles. The average molecular weight is 177 g/mol. The third kappa shape index (κ3) is 1.52. The highest BCUT2D eigenvalue weighted by Crippen LogP contribution is 2.17. The maximum atomic E-state index is 11.5. The molecule has 0 fully saturated rings. The second kappa shape index (κ2) is 3.12. The van der Waals surface area contributed by atoms with Crippen LogP contribution in [0.3, 0.4) is 0 Å². The van der Waals surface area contributed by atoms with Gasteiger partial charge in [0.05, 0.1) is 5.56 Å². The van der Waals surface area contributed by atoms with Gasteiger partial charge in [-0.2, -0.15) is 0 Å². The lowest BCUT2D eigenvalue weighted by molar-refractivity contribution is 0.0983. The van der Waals surface area contributed by atoms with Crippen molar-refractivity contribution >= 4 is 11.6 Å². The standard InChI is InChI=1S/C9H11N3O/c1-6-11-5-7-8(13)3-2-4-10-9(7)12-6/h5H,2-4H2,1H3,(H,10,11,12). The minimum atomic E-state index is 0.139. The van der Waals surface area contributed by atoms with Gasteiger partial charge in [0.2, 0.25) is 0 Å². The van der Waals surface area contributed by atoms with E-state index in [1.807, 2.05) is 6.92 Å². The van der Waals surface area contributed by atoms with Crippen molar-refractivity contribution in [3.63, 3.8) is 0 Å². The van der Waals surface area contributed by atoms with Gasteiger partial charge < -0.3 is 5.32 Å². The second-order valence-corrected chi connectivity index (χ2v) is 3.13. The summed E-state index contributed by atoms with van der Waals surface area (Å²) < 4.78 is 0. The summed E-state index contributed by atoms with van der Waals surface area (Å²) in [5.41, 5.74) is 0.628. The van der Waals surface area contributed by atoms with Crippen LogP contribution in [0.1, 0.15) is 29.0 Å². The van der Waals surface area contributed by atoms with Crippen molar-refractivity contribution in [1.29, 1.82) is 0 Å². The van der Waals surface area contributed by atoms with Crippen LogP contribution in [-0.4, -0.2) is 22.3 Å². The van der Waals surface area contributed by atoms with Crippen molar-refractivity contribution in [2.45, 2.75) is 19.8 Å². The number of anilines is 1. The fourth-order valence-electron chi connectivity index (χ4n) is 1.40. The SMILES string of the molecule is Cc1ncc2c(n1)NCCCC2=O. The summed E-state index contributed by atoms with van der Waals surface area (Å²) in [7, 11) is 0. The zero-order valence-electron chi connectivity index (χ0n) is 7.50. The molecule has 68 valence electrons. The first-order valence-corrected chi connectivity index (χ1v) is 4.38. The number of ketones is 1. The molecule has 0 unspecified atom stereocenters. The lowest BCUT2D eigenvalue weighted by Gasteiger charge is -2.04. The quantitative estimate of drug-likeness (QED) is 0.646. The zero-order valence-corrected chi connectivity index (χ0v) is 7.50. The number of fused-ring (bicyclic) bond motifs is 1. The molecule has 0 saturated heterocycles. The summed E-state index contributed by atoms with van der Waals surface area (Å²) in [5.74, 6) is 1.52. The van der Waals surface area contributed by atoms with E-state index in [2.05, 4.69) is 15.3 Å². The van der Waals surface area contributed by atoms with Crippen LogP contribution in [0.4, 0.5) is 5.82 Å². The minimum absolute atomic E-state index is 0.139. The van der Waals surface area contributed by atoms with E-state index < -0.39 is 0 Å². The molecule has 1 aromatic rings. The van der Waals surface area contributed by atoms with Crippen LogP contribution in [-0.2, 0) is 0 Å². The molecule has 1 aliphatic heterocycles. The Bertz CT molecular complexity index is 349. The first-order chi connectivity index (χ1) is 6.27. The molecule has 4 heteroatoms. The van der Waals surface area contributed by atoms with Crippen LogP contribution in [0.5, 0.6) is 0 Å². The van der Waals surface area contributed by atoms with E-state index in [0.29, 0.717) is 23.6 Å². The molecule has 1 aromatic heterocycles. The van der Waals surface area contributed by atoms with Gasteiger partial charge in [0.25, 0.3) is 0 Å². The fraction of sp³-hybridized carbons (Fsp3) is 0.444. The van der Waals surface area contributed by atoms with Gasteiger partial charge in [0.1, 0.15) is 11.6 Å². The lowest BCUT2D eigenvalue weighted by atomic mass is 10.1. The number of aryl methyl sites for hydroxylation is 1. The molecule has 1 N–H and O–H groups in total. The number of carbonyl (C=O) groups is 1. The molecule has 0 bridgehead atoms. The molecule has 2 rings (SSSR count). The Morgan fingerprint density at radius 3 is 3.23 bits per heavy atom. The second-order valence-electron chi connectivity index (χ2n) is 3.13. The van der Waals surface area contributed by atoms with Crippen LogP contribution in [0.2, 0.25) is 0 Å². The molecule has 0 amide bonds. The Hall–Kier alpha value is -1.45. The number of carbonyl (C=O) groups excluding carboxylic acids is 1. The topological polar surface area (TPSA) is 54.9 Å². The number of nitrogens with zero attached hydrogens (tertiary/aromatic N) is 2. The molecular weight excluding hydrogens is 166 g/mol. The van der Waals surface area contributed by atoms with E-state index in [4.69, 9.17) is 0 Å². The Balaban J connectivity index is 2.48. The summed E-state index contributed by atoms with van der Waals surface area (Å²) in [4.78, 5) is 19.7. The molecule has 13 heavy (non-hydrogen) atoms. The maximum Gasteiger partial charge on any atom is 0.168 e. The summed E-state index contributed by atoms with van der Waals surface area (Å²) in [6.45, 7) is 2.63. The number of rotatable bonds is 0. The maximum absolute atomic E-state index is 11.5. The smallest absolute Gasteiger partial charge is 0.168 e. The van der Waals surface area contributed by atoms with Crippen molar-refractivity contribution in [2.75, 3.05) is 11.9 Å². The van der Waals surface area contributed by atoms with Crippen molar-refractivity contribution in [3.05, 3.63) is 17.6 Å². The Morgan fingerprint density at radius 1 is 1.54 bits per heavy atom. The number of nitrogens with one attached hydrogen (secondary N) is 1. The lowest BCUT2D eigenvalue weighted by Crippen LogP contribution is -2.05. The molecule has 0 atom stereocenters. The van der Waals surface area contributed by atoms with Crippen molar-refractivity contribution < 1.29 is 4.79 Å². The van der Waals surface area contributed by atoms with Crippen LogP contribution in [0, 0.1) is 6.92 Å².